The van der Waals surface area contributed by atoms with Gasteiger partial charge in [-0.25, -0.2) is 9.89 Å². The maximum atomic E-state index is 11.9. The monoisotopic (exact) mass is 334 g/mol. The summed E-state index contributed by atoms with van der Waals surface area (Å²) in [6, 6.07) is 3.99. The minimum absolute atomic E-state index is 0.0738. The fourth-order valence-electron chi connectivity index (χ4n) is 2.73. The van der Waals surface area contributed by atoms with Crippen molar-refractivity contribution in [1.29, 1.82) is 0 Å². The van der Waals surface area contributed by atoms with Crippen molar-refractivity contribution in [3.63, 3.8) is 0 Å². The van der Waals surface area contributed by atoms with Crippen molar-refractivity contribution in [3.05, 3.63) is 40.6 Å². The Labute approximate surface area is 139 Å². The summed E-state index contributed by atoms with van der Waals surface area (Å²) < 4.78 is 7.63. The molecule has 0 saturated carbocycles. The van der Waals surface area contributed by atoms with E-state index in [1.807, 2.05) is 12.3 Å². The van der Waals surface area contributed by atoms with Crippen LogP contribution in [-0.2, 0) is 11.3 Å². The van der Waals surface area contributed by atoms with Crippen LogP contribution in [0.4, 0.5) is 0 Å². The van der Waals surface area contributed by atoms with Crippen LogP contribution in [0.3, 0.4) is 0 Å². The van der Waals surface area contributed by atoms with Gasteiger partial charge in [-0.1, -0.05) is 31.2 Å². The fourth-order valence-corrected chi connectivity index (χ4v) is 3.91. The van der Waals surface area contributed by atoms with Crippen LogP contribution in [0.25, 0.3) is 0 Å². The van der Waals surface area contributed by atoms with Crippen LogP contribution in [0, 0.1) is 0 Å². The van der Waals surface area contributed by atoms with E-state index in [0.29, 0.717) is 5.25 Å². The summed E-state index contributed by atoms with van der Waals surface area (Å²) in [5.41, 5.74) is 1.00. The van der Waals surface area contributed by atoms with Crippen molar-refractivity contribution in [2.75, 3.05) is 6.61 Å². The van der Waals surface area contributed by atoms with Crippen LogP contribution >= 0.6 is 11.8 Å². The second-order valence-electron chi connectivity index (χ2n) is 5.73. The summed E-state index contributed by atoms with van der Waals surface area (Å²) in [6.45, 7) is 3.57. The molecular weight excluding hydrogens is 312 g/mol. The highest BCUT2D eigenvalue weighted by atomic mass is 32.2. The minimum atomic E-state index is -0.114. The van der Waals surface area contributed by atoms with Crippen molar-refractivity contribution >= 4 is 11.8 Å². The van der Waals surface area contributed by atoms with Crippen molar-refractivity contribution in [2.24, 2.45) is 0 Å². The number of hydrogen-bond donors (Lipinski definition) is 1. The molecule has 124 valence electrons. The zero-order valence-corrected chi connectivity index (χ0v) is 14.1. The molecule has 0 radical (unpaired) electrons. The Morgan fingerprint density at radius 3 is 3.22 bits per heavy atom. The summed E-state index contributed by atoms with van der Waals surface area (Å²) in [4.78, 5) is 16.0. The van der Waals surface area contributed by atoms with E-state index in [1.165, 1.54) is 0 Å². The number of hydrogen-bond acceptors (Lipinski definition) is 5. The largest absolute Gasteiger partial charge is 0.373 e. The van der Waals surface area contributed by atoms with Crippen molar-refractivity contribution in [2.45, 2.75) is 55.7 Å². The number of H-pyrrole nitrogens is 1. The molecule has 0 amide bonds. The molecule has 0 aliphatic carbocycles. The standard InChI is InChI=1S/C16H22N4O2S/c1-2-3-8-20-15(21)18-19-16(20)23-13-6-9-22-14(10-13)12-5-4-7-17-11-12/h4-5,7,11,13-14H,2-3,6,8-10H2,1H3,(H,18,21)/t13-,14-/m1/s1. The van der Waals surface area contributed by atoms with Crippen LogP contribution in [0.2, 0.25) is 0 Å². The van der Waals surface area contributed by atoms with E-state index in [9.17, 15) is 4.79 Å². The Kier molecular flexibility index (Phi) is 5.51. The first-order chi connectivity index (χ1) is 11.3. The molecule has 23 heavy (non-hydrogen) atoms. The van der Waals surface area contributed by atoms with Gasteiger partial charge in [0, 0.05) is 30.8 Å². The molecule has 2 aromatic heterocycles. The third-order valence-corrected chi connectivity index (χ3v) is 5.31. The highest BCUT2D eigenvalue weighted by Gasteiger charge is 2.26. The number of thioether (sulfide) groups is 1. The first-order valence-electron chi connectivity index (χ1n) is 8.11. The molecule has 0 spiro atoms. The van der Waals surface area contributed by atoms with Gasteiger partial charge in [0.05, 0.1) is 6.10 Å². The molecule has 0 unspecified atom stereocenters. The second-order valence-corrected chi connectivity index (χ2v) is 6.99. The molecule has 1 fully saturated rings. The van der Waals surface area contributed by atoms with Crippen LogP contribution < -0.4 is 5.69 Å². The molecule has 1 saturated heterocycles. The molecule has 1 aliphatic heterocycles. The lowest BCUT2D eigenvalue weighted by Crippen LogP contribution is -2.23. The second kappa shape index (κ2) is 7.79. The molecule has 3 rings (SSSR count). The summed E-state index contributed by atoms with van der Waals surface area (Å²) in [7, 11) is 0. The van der Waals surface area contributed by atoms with Gasteiger partial charge in [-0.3, -0.25) is 9.55 Å². The third-order valence-electron chi connectivity index (χ3n) is 4.02. The molecule has 6 nitrogen and oxygen atoms in total. The molecule has 1 aliphatic rings. The Balaban J connectivity index is 1.67. The van der Waals surface area contributed by atoms with E-state index in [-0.39, 0.29) is 11.8 Å². The van der Waals surface area contributed by atoms with E-state index in [2.05, 4.69) is 28.2 Å². The van der Waals surface area contributed by atoms with E-state index in [0.717, 1.165) is 49.6 Å². The highest BCUT2D eigenvalue weighted by molar-refractivity contribution is 7.99. The summed E-state index contributed by atoms with van der Waals surface area (Å²) in [6.07, 6.45) is 7.63. The number of unbranched alkanes of at least 4 members (excludes halogenated alkanes) is 1. The number of nitrogens with zero attached hydrogens (tertiary/aromatic N) is 3. The van der Waals surface area contributed by atoms with Crippen LogP contribution in [0.1, 0.15) is 44.3 Å². The average molecular weight is 334 g/mol. The van der Waals surface area contributed by atoms with E-state index >= 15 is 0 Å². The van der Waals surface area contributed by atoms with Crippen molar-refractivity contribution in [3.8, 4) is 0 Å². The van der Waals surface area contributed by atoms with Gasteiger partial charge in [-0.2, -0.15) is 0 Å². The van der Waals surface area contributed by atoms with E-state index in [4.69, 9.17) is 4.74 Å². The van der Waals surface area contributed by atoms with Crippen LogP contribution in [-0.4, -0.2) is 31.6 Å². The van der Waals surface area contributed by atoms with Crippen molar-refractivity contribution < 1.29 is 4.74 Å². The van der Waals surface area contributed by atoms with Gasteiger partial charge in [0.2, 0.25) is 0 Å². The minimum Gasteiger partial charge on any atom is -0.373 e. The van der Waals surface area contributed by atoms with Gasteiger partial charge in [0.25, 0.3) is 0 Å². The van der Waals surface area contributed by atoms with Gasteiger partial charge >= 0.3 is 5.69 Å². The number of pyridine rings is 1. The van der Waals surface area contributed by atoms with E-state index < -0.39 is 0 Å². The van der Waals surface area contributed by atoms with Gasteiger partial charge in [0.15, 0.2) is 5.16 Å². The zero-order chi connectivity index (χ0) is 16.1. The lowest BCUT2D eigenvalue weighted by atomic mass is 10.0. The Bertz CT molecular complexity index is 670. The third kappa shape index (κ3) is 4.03. The fraction of sp³-hybridized carbons (Fsp3) is 0.562. The quantitative estimate of drug-likeness (QED) is 0.879. The number of ether oxygens (including phenoxy) is 1. The maximum Gasteiger partial charge on any atom is 0.343 e. The normalized spacial score (nSPS) is 21.4. The first kappa shape index (κ1) is 16.3. The molecular formula is C16H22N4O2S. The predicted octanol–water partition coefficient (Wildman–Crippen LogP) is 2.78. The summed E-state index contributed by atoms with van der Waals surface area (Å²) >= 11 is 1.68. The number of nitrogens with one attached hydrogen (secondary N) is 1. The first-order valence-corrected chi connectivity index (χ1v) is 8.99. The van der Waals surface area contributed by atoms with Gasteiger partial charge in [0.1, 0.15) is 0 Å². The summed E-state index contributed by atoms with van der Waals surface area (Å²) in [5, 5.41) is 7.95. The molecule has 1 N–H and O–H groups in total. The number of rotatable bonds is 6. The predicted molar refractivity (Wildman–Crippen MR) is 89.6 cm³/mol. The van der Waals surface area contributed by atoms with E-state index in [1.54, 1.807) is 22.5 Å². The van der Waals surface area contributed by atoms with Crippen LogP contribution in [0.15, 0.2) is 34.5 Å². The average Bonchev–Trinajstić information content (AvgIpc) is 2.94. The maximum absolute atomic E-state index is 11.9. The number of aromatic nitrogens is 4. The highest BCUT2D eigenvalue weighted by Crippen LogP contribution is 2.36. The lowest BCUT2D eigenvalue weighted by Gasteiger charge is -2.29. The lowest BCUT2D eigenvalue weighted by molar-refractivity contribution is 0.0176. The number of aromatic amines is 1. The Morgan fingerprint density at radius 1 is 1.52 bits per heavy atom. The molecule has 0 aromatic carbocycles. The Hall–Kier alpha value is -1.60. The molecule has 2 aromatic rings. The van der Waals surface area contributed by atoms with Gasteiger partial charge in [-0.05, 0) is 30.9 Å². The van der Waals surface area contributed by atoms with Crippen molar-refractivity contribution in [1.82, 2.24) is 19.7 Å². The molecule has 7 heteroatoms. The molecule has 3 heterocycles. The summed E-state index contributed by atoms with van der Waals surface area (Å²) in [5.74, 6) is 0. The topological polar surface area (TPSA) is 72.8 Å². The zero-order valence-electron chi connectivity index (χ0n) is 13.3. The van der Waals surface area contributed by atoms with Crippen LogP contribution in [0.5, 0.6) is 0 Å². The Morgan fingerprint density at radius 2 is 2.43 bits per heavy atom. The SMILES string of the molecule is CCCCn1c(S[C@@H]2CCO[C@@H](c3cccnc3)C2)n[nH]c1=O. The van der Waals surface area contributed by atoms with Gasteiger partial charge < -0.3 is 4.74 Å². The molecule has 0 bridgehead atoms. The molecule has 2 atom stereocenters. The van der Waals surface area contributed by atoms with Gasteiger partial charge in [-0.15, -0.1) is 5.10 Å². The smallest absolute Gasteiger partial charge is 0.343 e.